The summed E-state index contributed by atoms with van der Waals surface area (Å²) in [5.41, 5.74) is 0.407. The van der Waals surface area contributed by atoms with Gasteiger partial charge in [-0.15, -0.1) is 0 Å². The second-order valence-corrected chi connectivity index (χ2v) is 8.73. The normalized spacial score (nSPS) is 16.1. The van der Waals surface area contributed by atoms with E-state index < -0.39 is 10.0 Å². The first-order valence-electron chi connectivity index (χ1n) is 9.09. The first kappa shape index (κ1) is 21.5. The molecule has 0 bridgehead atoms. The van der Waals surface area contributed by atoms with Crippen molar-refractivity contribution in [3.05, 3.63) is 24.3 Å². The molecule has 0 unspecified atom stereocenters. The van der Waals surface area contributed by atoms with Gasteiger partial charge in [0.05, 0.1) is 19.1 Å². The topological polar surface area (TPSA) is 82.2 Å². The Morgan fingerprint density at radius 1 is 1.26 bits per heavy atom. The van der Waals surface area contributed by atoms with E-state index in [4.69, 9.17) is 4.74 Å². The average Bonchev–Trinajstić information content (AvgIpc) is 2.64. The Balaban J connectivity index is 1.83. The van der Waals surface area contributed by atoms with E-state index >= 15 is 0 Å². The minimum Gasteiger partial charge on any atom is -0.497 e. The molecule has 27 heavy (non-hydrogen) atoms. The van der Waals surface area contributed by atoms with E-state index in [1.165, 1.54) is 7.11 Å². The zero-order valence-corrected chi connectivity index (χ0v) is 17.2. The molecule has 1 aliphatic rings. The van der Waals surface area contributed by atoms with Gasteiger partial charge in [-0.25, -0.2) is 8.42 Å². The minimum atomic E-state index is -3.59. The molecule has 0 saturated carbocycles. The van der Waals surface area contributed by atoms with Crippen molar-refractivity contribution >= 4 is 21.6 Å². The Kier molecular flexibility index (Phi) is 7.88. The van der Waals surface area contributed by atoms with Crippen LogP contribution in [0.1, 0.15) is 6.42 Å². The average molecular weight is 399 g/mol. The summed E-state index contributed by atoms with van der Waals surface area (Å²) in [5.74, 6) is 0.218. The second kappa shape index (κ2) is 9.91. The molecule has 1 aliphatic heterocycles. The van der Waals surface area contributed by atoms with Crippen LogP contribution in [0.15, 0.2) is 24.3 Å². The number of hydrogen-bond donors (Lipinski definition) is 1. The van der Waals surface area contributed by atoms with Crippen molar-refractivity contribution < 1.29 is 17.9 Å². The maximum absolute atomic E-state index is 12.3. The maximum atomic E-state index is 12.3. The summed E-state index contributed by atoms with van der Waals surface area (Å²) in [5, 5.41) is 2.82. The summed E-state index contributed by atoms with van der Waals surface area (Å²) in [7, 11) is 0.0425. The van der Waals surface area contributed by atoms with Gasteiger partial charge in [-0.2, -0.15) is 0 Å². The number of benzene rings is 1. The summed E-state index contributed by atoms with van der Waals surface area (Å²) in [4.78, 5) is 16.9. The monoisotopic (exact) mass is 398 g/mol. The highest BCUT2D eigenvalue weighted by atomic mass is 32.2. The lowest BCUT2D eigenvalue weighted by Gasteiger charge is -2.32. The molecule has 1 heterocycles. The van der Waals surface area contributed by atoms with Crippen molar-refractivity contribution in [3.63, 3.8) is 0 Å². The molecule has 2 rings (SSSR count). The number of sulfonamides is 1. The molecule has 1 amide bonds. The van der Waals surface area contributed by atoms with E-state index in [1.54, 1.807) is 24.3 Å². The van der Waals surface area contributed by atoms with Crippen LogP contribution in [0.5, 0.6) is 5.75 Å². The Morgan fingerprint density at radius 2 is 1.96 bits per heavy atom. The van der Waals surface area contributed by atoms with Crippen LogP contribution >= 0.6 is 0 Å². The second-order valence-electron chi connectivity index (χ2n) is 6.82. The number of nitrogens with one attached hydrogen (secondary N) is 1. The number of carbonyl (C=O) groups is 1. The first-order valence-corrected chi connectivity index (χ1v) is 10.9. The van der Waals surface area contributed by atoms with Crippen LogP contribution in [0, 0.1) is 0 Å². The van der Waals surface area contributed by atoms with Gasteiger partial charge >= 0.3 is 0 Å². The number of nitrogens with zero attached hydrogens (tertiary/aromatic N) is 3. The highest BCUT2D eigenvalue weighted by molar-refractivity contribution is 7.92. The van der Waals surface area contributed by atoms with E-state index in [0.717, 1.165) is 49.7 Å². The molecule has 1 aromatic carbocycles. The lowest BCUT2D eigenvalue weighted by atomic mass is 10.3. The number of ether oxygens (including phenoxy) is 1. The van der Waals surface area contributed by atoms with E-state index in [9.17, 15) is 13.2 Å². The van der Waals surface area contributed by atoms with Crippen molar-refractivity contribution in [1.29, 1.82) is 0 Å². The van der Waals surface area contributed by atoms with E-state index in [0.29, 0.717) is 18.0 Å². The smallest absolute Gasteiger partial charge is 0.240 e. The highest BCUT2D eigenvalue weighted by Crippen LogP contribution is 2.22. The molecular weight excluding hydrogens is 368 g/mol. The number of piperazine rings is 1. The summed E-state index contributed by atoms with van der Waals surface area (Å²) in [6.07, 6.45) is 1.93. The number of anilines is 1. The van der Waals surface area contributed by atoms with Gasteiger partial charge in [0.2, 0.25) is 15.9 Å². The Morgan fingerprint density at radius 3 is 2.59 bits per heavy atom. The highest BCUT2D eigenvalue weighted by Gasteiger charge is 2.21. The number of carbonyl (C=O) groups excluding carboxylic acids is 1. The molecule has 1 saturated heterocycles. The predicted octanol–water partition coefficient (Wildman–Crippen LogP) is 0.215. The van der Waals surface area contributed by atoms with Gasteiger partial charge in [0.1, 0.15) is 12.3 Å². The van der Waals surface area contributed by atoms with Crippen LogP contribution in [-0.4, -0.2) is 90.4 Å². The fourth-order valence-electron chi connectivity index (χ4n) is 2.95. The minimum absolute atomic E-state index is 0.249. The van der Waals surface area contributed by atoms with Crippen molar-refractivity contribution in [2.75, 3.05) is 70.5 Å². The maximum Gasteiger partial charge on any atom is 0.240 e. The number of methoxy groups -OCH3 is 1. The van der Waals surface area contributed by atoms with Crippen LogP contribution in [0.2, 0.25) is 0 Å². The van der Waals surface area contributed by atoms with Crippen molar-refractivity contribution in [3.8, 4) is 5.75 Å². The SMILES string of the molecule is COc1cccc(N(CC(=O)NCCCN2CCN(C)CC2)S(C)(=O)=O)c1. The van der Waals surface area contributed by atoms with Crippen LogP contribution in [-0.2, 0) is 14.8 Å². The molecule has 0 spiro atoms. The lowest BCUT2D eigenvalue weighted by molar-refractivity contribution is -0.119. The summed E-state index contributed by atoms with van der Waals surface area (Å²) in [6.45, 7) is 5.43. The molecule has 9 heteroatoms. The largest absolute Gasteiger partial charge is 0.497 e. The Bertz CT molecular complexity index is 718. The van der Waals surface area contributed by atoms with Crippen molar-refractivity contribution in [2.45, 2.75) is 6.42 Å². The summed E-state index contributed by atoms with van der Waals surface area (Å²) >= 11 is 0. The Labute approximate surface area is 162 Å². The third kappa shape index (κ3) is 7.00. The van der Waals surface area contributed by atoms with Crippen LogP contribution in [0.4, 0.5) is 5.69 Å². The molecule has 0 aromatic heterocycles. The van der Waals surface area contributed by atoms with Gasteiger partial charge < -0.3 is 19.9 Å². The van der Waals surface area contributed by atoms with E-state index in [-0.39, 0.29) is 12.5 Å². The molecule has 1 aromatic rings. The molecule has 8 nitrogen and oxygen atoms in total. The predicted molar refractivity (Wildman–Crippen MR) is 107 cm³/mol. The molecular formula is C18H30N4O4S. The van der Waals surface area contributed by atoms with E-state index in [1.807, 2.05) is 0 Å². The zero-order chi connectivity index (χ0) is 19.9. The molecule has 152 valence electrons. The van der Waals surface area contributed by atoms with Crippen LogP contribution < -0.4 is 14.4 Å². The van der Waals surface area contributed by atoms with Gasteiger partial charge in [-0.3, -0.25) is 9.10 Å². The van der Waals surface area contributed by atoms with Gasteiger partial charge in [-0.1, -0.05) is 6.07 Å². The third-order valence-corrected chi connectivity index (χ3v) is 5.74. The zero-order valence-electron chi connectivity index (χ0n) is 16.3. The number of hydrogen-bond acceptors (Lipinski definition) is 6. The van der Waals surface area contributed by atoms with Crippen LogP contribution in [0.25, 0.3) is 0 Å². The molecule has 1 fully saturated rings. The molecule has 0 aliphatic carbocycles. The Hall–Kier alpha value is -1.84. The number of amides is 1. The fraction of sp³-hybridized carbons (Fsp3) is 0.611. The third-order valence-electron chi connectivity index (χ3n) is 4.60. The molecule has 0 radical (unpaired) electrons. The van der Waals surface area contributed by atoms with Gasteiger partial charge in [-0.05, 0) is 32.1 Å². The number of rotatable bonds is 9. The first-order chi connectivity index (χ1) is 12.8. The molecule has 0 atom stereocenters. The fourth-order valence-corrected chi connectivity index (χ4v) is 3.80. The number of likely N-dealkylation sites (N-methyl/N-ethyl adjacent to an activating group) is 1. The van der Waals surface area contributed by atoms with Gasteiger partial charge in [0, 0.05) is 38.8 Å². The quantitative estimate of drug-likeness (QED) is 0.599. The van der Waals surface area contributed by atoms with Crippen molar-refractivity contribution in [2.24, 2.45) is 0 Å². The summed E-state index contributed by atoms with van der Waals surface area (Å²) < 4.78 is 30.5. The van der Waals surface area contributed by atoms with Gasteiger partial charge in [0.15, 0.2) is 0 Å². The van der Waals surface area contributed by atoms with E-state index in [2.05, 4.69) is 22.2 Å². The molecule has 1 N–H and O–H groups in total. The standard InChI is InChI=1S/C18H30N4O4S/c1-20-10-12-21(13-11-20)9-5-8-19-18(23)15-22(27(3,24)25)16-6-4-7-17(14-16)26-2/h4,6-7,14H,5,8-13,15H2,1-3H3,(H,19,23). The lowest BCUT2D eigenvalue weighted by Crippen LogP contribution is -2.45. The summed E-state index contributed by atoms with van der Waals surface area (Å²) in [6, 6.07) is 6.66. The van der Waals surface area contributed by atoms with Gasteiger partial charge in [0.25, 0.3) is 0 Å². The van der Waals surface area contributed by atoms with Crippen molar-refractivity contribution in [1.82, 2.24) is 15.1 Å². The van der Waals surface area contributed by atoms with Crippen LogP contribution in [0.3, 0.4) is 0 Å².